The van der Waals surface area contributed by atoms with Crippen molar-refractivity contribution < 1.29 is 19.4 Å². The number of carboxylic acids is 1. The second kappa shape index (κ2) is 6.62. The van der Waals surface area contributed by atoms with Gasteiger partial charge in [-0.1, -0.05) is 0 Å². The van der Waals surface area contributed by atoms with E-state index in [4.69, 9.17) is 14.6 Å². The van der Waals surface area contributed by atoms with Gasteiger partial charge in [0.1, 0.15) is 0 Å². The van der Waals surface area contributed by atoms with E-state index in [2.05, 4.69) is 0 Å². The van der Waals surface area contributed by atoms with Crippen LogP contribution in [-0.4, -0.2) is 30.6 Å². The van der Waals surface area contributed by atoms with Crippen LogP contribution >= 0.6 is 0 Å². The number of hydrogen-bond donors (Lipinski definition) is 1. The minimum Gasteiger partial charge on any atom is -0.478 e. The zero-order valence-electron chi connectivity index (χ0n) is 8.24. The highest BCUT2D eigenvalue weighted by atomic mass is 16.7. The van der Waals surface area contributed by atoms with E-state index in [0.717, 1.165) is 0 Å². The lowest BCUT2D eigenvalue weighted by Gasteiger charge is -2.12. The van der Waals surface area contributed by atoms with E-state index in [9.17, 15) is 4.79 Å². The van der Waals surface area contributed by atoms with E-state index in [-0.39, 0.29) is 5.57 Å². The highest BCUT2D eigenvalue weighted by molar-refractivity contribution is 5.85. The summed E-state index contributed by atoms with van der Waals surface area (Å²) in [7, 11) is 0. The van der Waals surface area contributed by atoms with Crippen LogP contribution in [0.5, 0.6) is 0 Å². The van der Waals surface area contributed by atoms with Gasteiger partial charge in [0.05, 0.1) is 0 Å². The molecule has 1 N–H and O–H groups in total. The van der Waals surface area contributed by atoms with Gasteiger partial charge in [0, 0.05) is 18.8 Å². The largest absolute Gasteiger partial charge is 0.478 e. The number of carboxylic acid groups (broad SMARTS) is 1. The maximum absolute atomic E-state index is 10.5. The van der Waals surface area contributed by atoms with Gasteiger partial charge < -0.3 is 14.6 Å². The van der Waals surface area contributed by atoms with Gasteiger partial charge in [-0.05, 0) is 26.8 Å². The fourth-order valence-corrected chi connectivity index (χ4v) is 0.748. The summed E-state index contributed by atoms with van der Waals surface area (Å²) in [6.45, 7) is 6.15. The lowest BCUT2D eigenvalue weighted by Crippen LogP contribution is -2.16. The maximum Gasteiger partial charge on any atom is 0.331 e. The second-order valence-corrected chi connectivity index (χ2v) is 2.43. The molecule has 0 aliphatic heterocycles. The third kappa shape index (κ3) is 5.38. The van der Waals surface area contributed by atoms with Gasteiger partial charge >= 0.3 is 5.97 Å². The van der Waals surface area contributed by atoms with E-state index in [1.807, 2.05) is 13.8 Å². The van der Waals surface area contributed by atoms with Gasteiger partial charge in [-0.2, -0.15) is 0 Å². The molecular weight excluding hydrogens is 172 g/mol. The molecule has 76 valence electrons. The molecule has 0 heterocycles. The Hall–Kier alpha value is -0.870. The first-order valence-corrected chi connectivity index (χ1v) is 4.26. The van der Waals surface area contributed by atoms with E-state index >= 15 is 0 Å². The van der Waals surface area contributed by atoms with Crippen molar-refractivity contribution in [2.45, 2.75) is 27.1 Å². The molecule has 0 atom stereocenters. The van der Waals surface area contributed by atoms with Crippen molar-refractivity contribution in [2.75, 3.05) is 13.2 Å². The lowest BCUT2D eigenvalue weighted by atomic mass is 10.3. The van der Waals surface area contributed by atoms with E-state index in [1.54, 1.807) is 0 Å². The van der Waals surface area contributed by atoms with Gasteiger partial charge in [-0.25, -0.2) is 4.79 Å². The summed E-state index contributed by atoms with van der Waals surface area (Å²) < 4.78 is 10.3. The lowest BCUT2D eigenvalue weighted by molar-refractivity contribution is -0.133. The quantitative estimate of drug-likeness (QED) is 0.506. The van der Waals surface area contributed by atoms with E-state index < -0.39 is 12.3 Å². The number of aliphatic carboxylic acids is 1. The van der Waals surface area contributed by atoms with E-state index in [0.29, 0.717) is 13.2 Å². The maximum atomic E-state index is 10.5. The van der Waals surface area contributed by atoms with Crippen molar-refractivity contribution >= 4 is 5.97 Å². The molecule has 0 aliphatic rings. The number of hydrogen-bond acceptors (Lipinski definition) is 3. The van der Waals surface area contributed by atoms with Crippen LogP contribution in [0.3, 0.4) is 0 Å². The van der Waals surface area contributed by atoms with Crippen LogP contribution in [0.4, 0.5) is 0 Å². The van der Waals surface area contributed by atoms with Crippen LogP contribution < -0.4 is 0 Å². The highest BCUT2D eigenvalue weighted by Crippen LogP contribution is 2.02. The topological polar surface area (TPSA) is 55.8 Å². The SMILES string of the molecule is CCOC(/C=C(\C)C(=O)O)OCC. The molecule has 0 rings (SSSR count). The Bertz CT molecular complexity index is 180. The van der Waals surface area contributed by atoms with Crippen LogP contribution in [0.25, 0.3) is 0 Å². The predicted molar refractivity (Wildman–Crippen MR) is 48.4 cm³/mol. The molecule has 0 aromatic rings. The molecule has 0 saturated carbocycles. The summed E-state index contributed by atoms with van der Waals surface area (Å²) in [5.74, 6) is -0.954. The molecule has 0 unspecified atom stereocenters. The molecule has 0 radical (unpaired) electrons. The fourth-order valence-electron chi connectivity index (χ4n) is 0.748. The second-order valence-electron chi connectivity index (χ2n) is 2.43. The Morgan fingerprint density at radius 1 is 1.38 bits per heavy atom. The standard InChI is InChI=1S/C9H16O4/c1-4-12-8(13-5-2)6-7(3)9(10)11/h6,8H,4-5H2,1-3H3,(H,10,11)/b7-6+. The summed E-state index contributed by atoms with van der Waals surface area (Å²) >= 11 is 0. The number of carbonyl (C=O) groups is 1. The molecular formula is C9H16O4. The molecule has 13 heavy (non-hydrogen) atoms. The first-order chi connectivity index (χ1) is 6.11. The summed E-state index contributed by atoms with van der Waals surface area (Å²) in [4.78, 5) is 10.5. The molecule has 0 amide bonds. The highest BCUT2D eigenvalue weighted by Gasteiger charge is 2.07. The Kier molecular flexibility index (Phi) is 6.18. The van der Waals surface area contributed by atoms with Crippen LogP contribution in [0.1, 0.15) is 20.8 Å². The van der Waals surface area contributed by atoms with Crippen molar-refractivity contribution in [3.8, 4) is 0 Å². The van der Waals surface area contributed by atoms with Gasteiger partial charge in [-0.15, -0.1) is 0 Å². The summed E-state index contributed by atoms with van der Waals surface area (Å²) in [5, 5.41) is 8.59. The molecule has 0 saturated heterocycles. The third-order valence-electron chi connectivity index (χ3n) is 1.39. The zero-order chi connectivity index (χ0) is 10.3. The molecule has 0 aromatic carbocycles. The minimum absolute atomic E-state index is 0.229. The Morgan fingerprint density at radius 3 is 2.15 bits per heavy atom. The van der Waals surface area contributed by atoms with Crippen molar-refractivity contribution in [3.63, 3.8) is 0 Å². The smallest absolute Gasteiger partial charge is 0.331 e. The van der Waals surface area contributed by atoms with Gasteiger partial charge in [-0.3, -0.25) is 0 Å². The average molecular weight is 188 g/mol. The normalized spacial score (nSPS) is 12.2. The molecule has 0 fully saturated rings. The first kappa shape index (κ1) is 12.1. The summed E-state index contributed by atoms with van der Waals surface area (Å²) in [6, 6.07) is 0. The van der Waals surface area contributed by atoms with Crippen molar-refractivity contribution in [1.29, 1.82) is 0 Å². The van der Waals surface area contributed by atoms with E-state index in [1.165, 1.54) is 13.0 Å². The van der Waals surface area contributed by atoms with Crippen molar-refractivity contribution in [1.82, 2.24) is 0 Å². The van der Waals surface area contributed by atoms with Crippen molar-refractivity contribution in [3.05, 3.63) is 11.6 Å². The molecule has 0 bridgehead atoms. The van der Waals surface area contributed by atoms with Gasteiger partial charge in [0.25, 0.3) is 0 Å². The molecule has 4 nitrogen and oxygen atoms in total. The van der Waals surface area contributed by atoms with Gasteiger partial charge in [0.2, 0.25) is 0 Å². The number of rotatable bonds is 6. The fraction of sp³-hybridized carbons (Fsp3) is 0.667. The van der Waals surface area contributed by atoms with Crippen molar-refractivity contribution in [2.24, 2.45) is 0 Å². The third-order valence-corrected chi connectivity index (χ3v) is 1.39. The van der Waals surface area contributed by atoms with Crippen LogP contribution in [0, 0.1) is 0 Å². The summed E-state index contributed by atoms with van der Waals surface area (Å²) in [5.41, 5.74) is 0.229. The Balaban J connectivity index is 4.20. The number of ether oxygens (including phenoxy) is 2. The van der Waals surface area contributed by atoms with Crippen LogP contribution in [0.2, 0.25) is 0 Å². The first-order valence-electron chi connectivity index (χ1n) is 4.26. The van der Waals surface area contributed by atoms with Crippen LogP contribution in [0.15, 0.2) is 11.6 Å². The molecule has 0 spiro atoms. The van der Waals surface area contributed by atoms with Crippen LogP contribution in [-0.2, 0) is 14.3 Å². The average Bonchev–Trinajstić information content (AvgIpc) is 2.05. The van der Waals surface area contributed by atoms with Gasteiger partial charge in [0.15, 0.2) is 6.29 Å². The minimum atomic E-state index is -0.954. The Morgan fingerprint density at radius 2 is 1.85 bits per heavy atom. The molecule has 0 aromatic heterocycles. The predicted octanol–water partition coefficient (Wildman–Crippen LogP) is 1.42. The zero-order valence-corrected chi connectivity index (χ0v) is 8.24. The summed E-state index contributed by atoms with van der Waals surface area (Å²) in [6.07, 6.45) is 0.904. The Labute approximate surface area is 78.2 Å². The molecule has 4 heteroatoms. The molecule has 0 aliphatic carbocycles. The monoisotopic (exact) mass is 188 g/mol.